The molecule has 1 saturated heterocycles. The second-order valence-corrected chi connectivity index (χ2v) is 5.60. The lowest BCUT2D eigenvalue weighted by Crippen LogP contribution is -2.19. The summed E-state index contributed by atoms with van der Waals surface area (Å²) < 4.78 is 2.07. The Kier molecular flexibility index (Phi) is 3.14. The fraction of sp³-hybridized carbons (Fsp3) is 0.267. The molecular formula is C15H15N7O. The summed E-state index contributed by atoms with van der Waals surface area (Å²) in [7, 11) is 1.83. The summed E-state index contributed by atoms with van der Waals surface area (Å²) in [6.07, 6.45) is 4.21. The van der Waals surface area contributed by atoms with Crippen molar-refractivity contribution < 1.29 is 4.79 Å². The van der Waals surface area contributed by atoms with Gasteiger partial charge < -0.3 is 9.47 Å². The second-order valence-electron chi connectivity index (χ2n) is 5.60. The molecule has 0 bridgehead atoms. The highest BCUT2D eigenvalue weighted by Gasteiger charge is 2.29. The van der Waals surface area contributed by atoms with Crippen molar-refractivity contribution in [1.82, 2.24) is 35.1 Å². The van der Waals surface area contributed by atoms with Crippen LogP contribution in [0.25, 0.3) is 22.8 Å². The van der Waals surface area contributed by atoms with Gasteiger partial charge in [0, 0.05) is 43.5 Å². The Morgan fingerprint density at radius 3 is 2.65 bits per heavy atom. The molecule has 3 aromatic rings. The highest BCUT2D eigenvalue weighted by Crippen LogP contribution is 2.28. The van der Waals surface area contributed by atoms with Crippen LogP contribution in [-0.4, -0.2) is 54.6 Å². The summed E-state index contributed by atoms with van der Waals surface area (Å²) >= 11 is 0. The summed E-state index contributed by atoms with van der Waals surface area (Å²) in [5.41, 5.74) is 1.88. The van der Waals surface area contributed by atoms with Crippen LogP contribution in [0.5, 0.6) is 0 Å². The molecule has 2 aromatic heterocycles. The molecule has 1 N–H and O–H groups in total. The van der Waals surface area contributed by atoms with Crippen molar-refractivity contribution in [2.75, 3.05) is 13.6 Å². The van der Waals surface area contributed by atoms with Gasteiger partial charge in [-0.2, -0.15) is 5.21 Å². The van der Waals surface area contributed by atoms with Gasteiger partial charge in [-0.3, -0.25) is 4.79 Å². The number of nitrogens with one attached hydrogen (secondary N) is 1. The molecule has 1 unspecified atom stereocenters. The van der Waals surface area contributed by atoms with E-state index in [1.165, 1.54) is 0 Å². The van der Waals surface area contributed by atoms with Gasteiger partial charge in [-0.15, -0.1) is 10.2 Å². The van der Waals surface area contributed by atoms with Crippen LogP contribution in [-0.2, 0) is 4.79 Å². The Balaban J connectivity index is 1.64. The maximum Gasteiger partial charge on any atom is 0.224 e. The van der Waals surface area contributed by atoms with E-state index < -0.39 is 0 Å². The summed E-state index contributed by atoms with van der Waals surface area (Å²) in [5, 5.41) is 13.9. The maximum absolute atomic E-state index is 11.8. The molecule has 8 nitrogen and oxygen atoms in total. The average molecular weight is 309 g/mol. The molecule has 1 aromatic carbocycles. The lowest BCUT2D eigenvalue weighted by molar-refractivity contribution is -0.126. The normalized spacial score (nSPS) is 17.9. The summed E-state index contributed by atoms with van der Waals surface area (Å²) in [4.78, 5) is 18.0. The molecule has 3 heterocycles. The number of tetrazole rings is 1. The average Bonchev–Trinajstić information content (AvgIpc) is 3.29. The molecule has 1 amide bonds. The van der Waals surface area contributed by atoms with E-state index in [-0.39, 0.29) is 11.9 Å². The van der Waals surface area contributed by atoms with Gasteiger partial charge in [0.2, 0.25) is 11.7 Å². The monoisotopic (exact) mass is 309 g/mol. The van der Waals surface area contributed by atoms with Crippen LogP contribution >= 0.6 is 0 Å². The number of hydrogen-bond donors (Lipinski definition) is 1. The van der Waals surface area contributed by atoms with Crippen LogP contribution in [0.4, 0.5) is 0 Å². The second kappa shape index (κ2) is 5.31. The maximum atomic E-state index is 11.8. The smallest absolute Gasteiger partial charge is 0.224 e. The first-order chi connectivity index (χ1) is 11.2. The molecule has 116 valence electrons. The first kappa shape index (κ1) is 13.6. The summed E-state index contributed by atoms with van der Waals surface area (Å²) in [6, 6.07) is 7.95. The number of benzene rings is 1. The first-order valence-electron chi connectivity index (χ1n) is 7.33. The molecule has 23 heavy (non-hydrogen) atoms. The molecule has 8 heteroatoms. The standard InChI is InChI=1S/C15H15N7O/c1-21-9-12(8-13(21)23)22-7-6-16-15(22)11-4-2-10(3-5-11)14-17-19-20-18-14/h2-7,12H,8-9H2,1H3,(H,17,18,19,20). The number of imidazole rings is 1. The van der Waals surface area contributed by atoms with Gasteiger partial charge in [0.1, 0.15) is 5.82 Å². The Labute approximate surface area is 132 Å². The molecule has 1 fully saturated rings. The van der Waals surface area contributed by atoms with Gasteiger partial charge in [0.15, 0.2) is 0 Å². The van der Waals surface area contributed by atoms with Crippen LogP contribution in [0.1, 0.15) is 12.5 Å². The lowest BCUT2D eigenvalue weighted by Gasteiger charge is -2.15. The highest BCUT2D eigenvalue weighted by atomic mass is 16.2. The third-order valence-corrected chi connectivity index (χ3v) is 4.13. The number of hydrogen-bond acceptors (Lipinski definition) is 5. The molecule has 0 radical (unpaired) electrons. The van der Waals surface area contributed by atoms with Gasteiger partial charge in [-0.25, -0.2) is 4.98 Å². The van der Waals surface area contributed by atoms with Crippen LogP contribution in [0, 0.1) is 0 Å². The Bertz CT molecular complexity index is 822. The zero-order chi connectivity index (χ0) is 15.8. The topological polar surface area (TPSA) is 92.6 Å². The number of amides is 1. The van der Waals surface area contributed by atoms with Gasteiger partial charge in [0.25, 0.3) is 0 Å². The fourth-order valence-corrected chi connectivity index (χ4v) is 2.91. The van der Waals surface area contributed by atoms with Crippen LogP contribution in [0.2, 0.25) is 0 Å². The highest BCUT2D eigenvalue weighted by molar-refractivity contribution is 5.78. The number of nitrogens with zero attached hydrogens (tertiary/aromatic N) is 6. The molecule has 1 aliphatic heterocycles. The van der Waals surface area contributed by atoms with Crippen molar-refractivity contribution in [3.05, 3.63) is 36.7 Å². The lowest BCUT2D eigenvalue weighted by atomic mass is 10.1. The van der Waals surface area contributed by atoms with E-state index >= 15 is 0 Å². The van der Waals surface area contributed by atoms with Gasteiger partial charge >= 0.3 is 0 Å². The molecule has 1 atom stereocenters. The summed E-state index contributed by atoms with van der Waals surface area (Å²) in [5.74, 6) is 1.59. The van der Waals surface area contributed by atoms with Crippen LogP contribution in [0.15, 0.2) is 36.7 Å². The minimum atomic E-state index is 0.127. The molecule has 4 rings (SSSR count). The summed E-state index contributed by atoms with van der Waals surface area (Å²) in [6.45, 7) is 0.711. The van der Waals surface area contributed by atoms with E-state index in [9.17, 15) is 4.79 Å². The minimum Gasteiger partial charge on any atom is -0.344 e. The number of carbonyl (C=O) groups excluding carboxylic acids is 1. The van der Waals surface area contributed by atoms with Crippen molar-refractivity contribution >= 4 is 5.91 Å². The Morgan fingerprint density at radius 1 is 1.22 bits per heavy atom. The van der Waals surface area contributed by atoms with Crippen molar-refractivity contribution in [1.29, 1.82) is 0 Å². The number of rotatable bonds is 3. The van der Waals surface area contributed by atoms with Crippen LogP contribution < -0.4 is 0 Å². The quantitative estimate of drug-likeness (QED) is 0.783. The molecular weight excluding hydrogens is 294 g/mol. The number of carbonyl (C=O) groups is 1. The van der Waals surface area contributed by atoms with E-state index in [4.69, 9.17) is 0 Å². The molecule has 0 saturated carbocycles. The number of aromatic nitrogens is 6. The van der Waals surface area contributed by atoms with E-state index in [1.807, 2.05) is 37.5 Å². The zero-order valence-electron chi connectivity index (χ0n) is 12.5. The van der Waals surface area contributed by atoms with Crippen molar-refractivity contribution in [3.63, 3.8) is 0 Å². The molecule has 0 spiro atoms. The van der Waals surface area contributed by atoms with Gasteiger partial charge in [0.05, 0.1) is 6.04 Å². The predicted octanol–water partition coefficient (Wildman–Crippen LogP) is 1.13. The molecule has 1 aliphatic rings. The Hall–Kier alpha value is -3.03. The zero-order valence-corrected chi connectivity index (χ0v) is 12.5. The fourth-order valence-electron chi connectivity index (χ4n) is 2.91. The van der Waals surface area contributed by atoms with Gasteiger partial charge in [-0.05, 0) is 5.21 Å². The largest absolute Gasteiger partial charge is 0.344 e. The van der Waals surface area contributed by atoms with E-state index in [0.29, 0.717) is 18.8 Å². The van der Waals surface area contributed by atoms with Gasteiger partial charge in [-0.1, -0.05) is 24.3 Å². The van der Waals surface area contributed by atoms with Crippen LogP contribution in [0.3, 0.4) is 0 Å². The van der Waals surface area contributed by atoms with Crippen molar-refractivity contribution in [3.8, 4) is 22.8 Å². The number of likely N-dealkylation sites (tertiary alicyclic amines) is 1. The Morgan fingerprint density at radius 2 is 2.00 bits per heavy atom. The third-order valence-electron chi connectivity index (χ3n) is 4.13. The van der Waals surface area contributed by atoms with Crippen molar-refractivity contribution in [2.24, 2.45) is 0 Å². The minimum absolute atomic E-state index is 0.127. The van der Waals surface area contributed by atoms with E-state index in [0.717, 1.165) is 17.0 Å². The number of H-pyrrole nitrogens is 1. The number of aromatic amines is 1. The van der Waals surface area contributed by atoms with Crippen molar-refractivity contribution in [2.45, 2.75) is 12.5 Å². The predicted molar refractivity (Wildman–Crippen MR) is 82.1 cm³/mol. The first-order valence-corrected chi connectivity index (χ1v) is 7.33. The SMILES string of the molecule is CN1CC(n2ccnc2-c2ccc(-c3nn[nH]n3)cc2)CC1=O. The third kappa shape index (κ3) is 2.37. The van der Waals surface area contributed by atoms with E-state index in [2.05, 4.69) is 30.2 Å². The van der Waals surface area contributed by atoms with E-state index in [1.54, 1.807) is 11.1 Å². The number of likely N-dealkylation sites (N-methyl/N-ethyl adjacent to an activating group) is 1. The molecule has 0 aliphatic carbocycles.